The lowest BCUT2D eigenvalue weighted by Gasteiger charge is -2.20. The zero-order valence-corrected chi connectivity index (χ0v) is 15.5. The lowest BCUT2D eigenvalue weighted by Crippen LogP contribution is -2.34. The van der Waals surface area contributed by atoms with Crippen molar-refractivity contribution in [3.8, 4) is 0 Å². The van der Waals surface area contributed by atoms with Crippen LogP contribution >= 0.6 is 0 Å². The van der Waals surface area contributed by atoms with Crippen LogP contribution in [0.25, 0.3) is 5.78 Å². The van der Waals surface area contributed by atoms with E-state index in [1.54, 1.807) is 4.90 Å². The van der Waals surface area contributed by atoms with E-state index in [1.165, 1.54) is 4.52 Å². The minimum absolute atomic E-state index is 0.116. The average molecular weight is 367 g/mol. The highest BCUT2D eigenvalue weighted by molar-refractivity contribution is 5.88. The lowest BCUT2D eigenvalue weighted by atomic mass is 10.2. The van der Waals surface area contributed by atoms with Gasteiger partial charge in [-0.15, -0.1) is 5.10 Å². The predicted octanol–water partition coefficient (Wildman–Crippen LogP) is 1.95. The molecule has 2 aromatic heterocycles. The van der Waals surface area contributed by atoms with Crippen LogP contribution in [-0.4, -0.2) is 49.5 Å². The summed E-state index contributed by atoms with van der Waals surface area (Å²) in [5.41, 5.74) is 2.60. The maximum atomic E-state index is 12.4. The van der Waals surface area contributed by atoms with Gasteiger partial charge in [0.25, 0.3) is 17.5 Å². The van der Waals surface area contributed by atoms with Crippen LogP contribution in [-0.2, 0) is 16.1 Å². The molecule has 140 valence electrons. The Kier molecular flexibility index (Phi) is 5.44. The molecule has 0 aliphatic carbocycles. The average Bonchev–Trinajstić information content (AvgIpc) is 3.09. The Morgan fingerprint density at radius 2 is 1.89 bits per heavy atom. The van der Waals surface area contributed by atoms with Crippen LogP contribution in [0.3, 0.4) is 0 Å². The number of aryl methyl sites for hydroxylation is 2. The van der Waals surface area contributed by atoms with E-state index in [1.807, 2.05) is 57.2 Å². The molecule has 0 bridgehead atoms. The van der Waals surface area contributed by atoms with Crippen molar-refractivity contribution in [1.82, 2.24) is 24.5 Å². The Morgan fingerprint density at radius 1 is 1.15 bits per heavy atom. The Labute approximate surface area is 156 Å². The van der Waals surface area contributed by atoms with Crippen molar-refractivity contribution in [2.24, 2.45) is 0 Å². The summed E-state index contributed by atoms with van der Waals surface area (Å²) in [7, 11) is 0. The van der Waals surface area contributed by atoms with E-state index in [0.717, 1.165) is 17.0 Å². The van der Waals surface area contributed by atoms with Crippen LogP contribution in [0.5, 0.6) is 0 Å². The van der Waals surface area contributed by atoms with Gasteiger partial charge < -0.3 is 9.64 Å². The quantitative estimate of drug-likeness (QED) is 0.619. The van der Waals surface area contributed by atoms with Crippen molar-refractivity contribution < 1.29 is 14.3 Å². The SMILES string of the molecule is CCN(Cc1ccccc1)C(=O)COC(=O)c1nc2nc(C)cc(C)n2n1. The van der Waals surface area contributed by atoms with E-state index in [-0.39, 0.29) is 18.3 Å². The summed E-state index contributed by atoms with van der Waals surface area (Å²) < 4.78 is 6.59. The molecule has 0 radical (unpaired) electrons. The highest BCUT2D eigenvalue weighted by Gasteiger charge is 2.19. The van der Waals surface area contributed by atoms with Crippen LogP contribution < -0.4 is 0 Å². The predicted molar refractivity (Wildman–Crippen MR) is 98.1 cm³/mol. The van der Waals surface area contributed by atoms with Crippen molar-refractivity contribution in [2.45, 2.75) is 27.3 Å². The van der Waals surface area contributed by atoms with Crippen molar-refractivity contribution in [1.29, 1.82) is 0 Å². The van der Waals surface area contributed by atoms with Crippen molar-refractivity contribution in [3.63, 3.8) is 0 Å². The fraction of sp³-hybridized carbons (Fsp3) is 0.316. The monoisotopic (exact) mass is 367 g/mol. The van der Waals surface area contributed by atoms with Crippen molar-refractivity contribution in [3.05, 3.63) is 59.2 Å². The zero-order valence-electron chi connectivity index (χ0n) is 15.5. The normalized spacial score (nSPS) is 10.8. The van der Waals surface area contributed by atoms with E-state index in [4.69, 9.17) is 4.74 Å². The maximum absolute atomic E-state index is 12.4. The van der Waals surface area contributed by atoms with Gasteiger partial charge in [-0.3, -0.25) is 4.79 Å². The molecule has 0 fully saturated rings. The molecule has 1 amide bonds. The molecule has 0 aliphatic heterocycles. The van der Waals surface area contributed by atoms with Gasteiger partial charge in [0.2, 0.25) is 0 Å². The molecule has 0 N–H and O–H groups in total. The van der Waals surface area contributed by atoms with Gasteiger partial charge in [0, 0.05) is 24.5 Å². The molecular formula is C19H21N5O3. The number of aromatic nitrogens is 4. The third-order valence-corrected chi connectivity index (χ3v) is 4.08. The molecule has 8 nitrogen and oxygen atoms in total. The van der Waals surface area contributed by atoms with E-state index in [0.29, 0.717) is 18.9 Å². The van der Waals surface area contributed by atoms with Crippen LogP contribution in [0, 0.1) is 13.8 Å². The molecule has 3 rings (SSSR count). The number of carbonyl (C=O) groups is 2. The standard InChI is InChI=1S/C19H21N5O3/c1-4-23(11-15-8-6-5-7-9-15)16(25)12-27-18(26)17-21-19-20-13(2)10-14(3)24(19)22-17/h5-10H,4,11-12H2,1-3H3. The third-order valence-electron chi connectivity index (χ3n) is 4.08. The van der Waals surface area contributed by atoms with E-state index in [2.05, 4.69) is 15.1 Å². The van der Waals surface area contributed by atoms with Gasteiger partial charge in [0.05, 0.1) is 0 Å². The summed E-state index contributed by atoms with van der Waals surface area (Å²) in [5.74, 6) is -0.814. The number of hydrogen-bond donors (Lipinski definition) is 0. The number of ether oxygens (including phenoxy) is 1. The number of fused-ring (bicyclic) bond motifs is 1. The minimum Gasteiger partial charge on any atom is -0.450 e. The molecule has 0 saturated heterocycles. The van der Waals surface area contributed by atoms with Crippen LogP contribution in [0.2, 0.25) is 0 Å². The fourth-order valence-electron chi connectivity index (χ4n) is 2.72. The van der Waals surface area contributed by atoms with E-state index < -0.39 is 5.97 Å². The van der Waals surface area contributed by atoms with Crippen LogP contribution in [0.15, 0.2) is 36.4 Å². The molecule has 0 spiro atoms. The molecule has 8 heteroatoms. The summed E-state index contributed by atoms with van der Waals surface area (Å²) in [6, 6.07) is 11.5. The minimum atomic E-state index is -0.748. The largest absolute Gasteiger partial charge is 0.450 e. The molecule has 27 heavy (non-hydrogen) atoms. The lowest BCUT2D eigenvalue weighted by molar-refractivity contribution is -0.135. The van der Waals surface area contributed by atoms with Gasteiger partial charge in [-0.2, -0.15) is 4.98 Å². The molecule has 2 heterocycles. The van der Waals surface area contributed by atoms with Gasteiger partial charge >= 0.3 is 5.97 Å². The fourth-order valence-corrected chi connectivity index (χ4v) is 2.72. The first-order chi connectivity index (χ1) is 13.0. The Morgan fingerprint density at radius 3 is 2.59 bits per heavy atom. The Bertz CT molecular complexity index is 968. The first-order valence-electron chi connectivity index (χ1n) is 8.67. The highest BCUT2D eigenvalue weighted by atomic mass is 16.5. The number of likely N-dealkylation sites (N-methyl/N-ethyl adjacent to an activating group) is 1. The van der Waals surface area contributed by atoms with Gasteiger partial charge in [0.1, 0.15) is 0 Å². The Hall–Kier alpha value is -3.29. The third kappa shape index (κ3) is 4.28. The summed E-state index contributed by atoms with van der Waals surface area (Å²) in [4.78, 5) is 34.5. The number of rotatable bonds is 6. The molecular weight excluding hydrogens is 346 g/mol. The molecule has 0 aliphatic rings. The van der Waals surface area contributed by atoms with Crippen molar-refractivity contribution in [2.75, 3.05) is 13.2 Å². The van der Waals surface area contributed by atoms with E-state index >= 15 is 0 Å². The van der Waals surface area contributed by atoms with Crippen LogP contribution in [0.1, 0.15) is 34.5 Å². The summed E-state index contributed by atoms with van der Waals surface area (Å²) in [5, 5.41) is 4.11. The number of amides is 1. The first kappa shape index (κ1) is 18.5. The summed E-state index contributed by atoms with van der Waals surface area (Å²) in [6.07, 6.45) is 0. The van der Waals surface area contributed by atoms with Gasteiger partial charge in [-0.25, -0.2) is 14.3 Å². The number of carbonyl (C=O) groups excluding carboxylic acids is 2. The van der Waals surface area contributed by atoms with Gasteiger partial charge in [-0.05, 0) is 32.4 Å². The first-order valence-corrected chi connectivity index (χ1v) is 8.67. The zero-order chi connectivity index (χ0) is 19.4. The number of nitrogens with zero attached hydrogens (tertiary/aromatic N) is 5. The molecule has 1 aromatic carbocycles. The second-order valence-corrected chi connectivity index (χ2v) is 6.16. The highest BCUT2D eigenvalue weighted by Crippen LogP contribution is 2.07. The van der Waals surface area contributed by atoms with E-state index in [9.17, 15) is 9.59 Å². The van der Waals surface area contributed by atoms with Crippen molar-refractivity contribution >= 4 is 17.7 Å². The second kappa shape index (κ2) is 7.94. The van der Waals surface area contributed by atoms with Gasteiger partial charge in [-0.1, -0.05) is 30.3 Å². The maximum Gasteiger partial charge on any atom is 0.378 e. The number of hydrogen-bond acceptors (Lipinski definition) is 6. The van der Waals surface area contributed by atoms with Crippen LogP contribution in [0.4, 0.5) is 0 Å². The summed E-state index contributed by atoms with van der Waals surface area (Å²) in [6.45, 7) is 6.18. The molecule has 0 atom stereocenters. The topological polar surface area (TPSA) is 89.7 Å². The molecule has 0 saturated carbocycles. The number of benzene rings is 1. The summed E-state index contributed by atoms with van der Waals surface area (Å²) >= 11 is 0. The Balaban J connectivity index is 1.64. The van der Waals surface area contributed by atoms with Gasteiger partial charge in [0.15, 0.2) is 6.61 Å². The molecule has 3 aromatic rings. The molecule has 0 unspecified atom stereocenters. The second-order valence-electron chi connectivity index (χ2n) is 6.16. The number of esters is 1. The smallest absolute Gasteiger partial charge is 0.378 e.